The number of aromatic nitrogens is 2. The van der Waals surface area contributed by atoms with Gasteiger partial charge >= 0.3 is 6.18 Å². The predicted octanol–water partition coefficient (Wildman–Crippen LogP) is 5.77. The molecule has 1 amide bonds. The largest absolute Gasteiger partial charge is 0.497 e. The van der Waals surface area contributed by atoms with Gasteiger partial charge in [0.15, 0.2) is 5.69 Å². The first-order valence-corrected chi connectivity index (χ1v) is 11.1. The molecule has 0 radical (unpaired) electrons. The van der Waals surface area contributed by atoms with Gasteiger partial charge in [-0.1, -0.05) is 36.4 Å². The molecule has 0 unspecified atom stereocenters. The number of hydrogen-bond acceptors (Lipinski definition) is 3. The molecule has 0 saturated heterocycles. The standard InChI is InChI=1S/C27H22F3N3O2/c1-35-23-8-4-7-19(15-23)24-17-33(22-11-9-21(10-12-22)27(28,29)30)31-25(24)26(34)32-14-13-18-5-2-3-6-20(18)16-32/h2-12,15,17H,13-14,16H2,1H3. The number of rotatable bonds is 4. The third kappa shape index (κ3) is 4.51. The van der Waals surface area contributed by atoms with Gasteiger partial charge < -0.3 is 9.64 Å². The number of halogens is 3. The molecule has 5 rings (SSSR count). The first kappa shape index (κ1) is 22.7. The number of benzene rings is 3. The van der Waals surface area contributed by atoms with Crippen LogP contribution in [0.5, 0.6) is 5.75 Å². The summed E-state index contributed by atoms with van der Waals surface area (Å²) in [4.78, 5) is 15.4. The number of hydrogen-bond donors (Lipinski definition) is 0. The van der Waals surface area contributed by atoms with Crippen molar-refractivity contribution in [2.24, 2.45) is 0 Å². The molecule has 8 heteroatoms. The minimum Gasteiger partial charge on any atom is -0.497 e. The molecule has 1 aromatic heterocycles. The van der Waals surface area contributed by atoms with Crippen LogP contribution >= 0.6 is 0 Å². The molecule has 5 nitrogen and oxygen atoms in total. The monoisotopic (exact) mass is 477 g/mol. The average Bonchev–Trinajstić information content (AvgIpc) is 3.33. The second-order valence-electron chi connectivity index (χ2n) is 8.36. The molecule has 0 saturated carbocycles. The van der Waals surface area contributed by atoms with E-state index >= 15 is 0 Å². The van der Waals surface area contributed by atoms with Gasteiger partial charge in [-0.25, -0.2) is 4.68 Å². The van der Waals surface area contributed by atoms with Crippen LogP contribution in [0.25, 0.3) is 16.8 Å². The highest BCUT2D eigenvalue weighted by molar-refractivity contribution is 5.99. The average molecular weight is 477 g/mol. The number of amides is 1. The molecular formula is C27H22F3N3O2. The predicted molar refractivity (Wildman–Crippen MR) is 125 cm³/mol. The van der Waals surface area contributed by atoms with Gasteiger partial charge in [0.25, 0.3) is 5.91 Å². The van der Waals surface area contributed by atoms with Crippen LogP contribution in [-0.4, -0.2) is 34.2 Å². The van der Waals surface area contributed by atoms with Crippen molar-refractivity contribution in [3.8, 4) is 22.6 Å². The molecule has 2 heterocycles. The molecule has 0 bridgehead atoms. The lowest BCUT2D eigenvalue weighted by molar-refractivity contribution is -0.137. The van der Waals surface area contributed by atoms with Crippen molar-refractivity contribution in [3.63, 3.8) is 0 Å². The van der Waals surface area contributed by atoms with E-state index in [1.807, 2.05) is 30.3 Å². The second kappa shape index (κ2) is 8.94. The Bertz CT molecular complexity index is 1380. The van der Waals surface area contributed by atoms with Gasteiger partial charge in [-0.15, -0.1) is 0 Å². The first-order chi connectivity index (χ1) is 16.8. The van der Waals surface area contributed by atoms with E-state index in [0.29, 0.717) is 30.1 Å². The zero-order valence-corrected chi connectivity index (χ0v) is 18.9. The Morgan fingerprint density at radius 1 is 0.971 bits per heavy atom. The normalized spacial score (nSPS) is 13.4. The Morgan fingerprint density at radius 3 is 2.43 bits per heavy atom. The van der Waals surface area contributed by atoms with Crippen molar-refractivity contribution in [2.45, 2.75) is 19.1 Å². The minimum absolute atomic E-state index is 0.233. The Labute approximate surface area is 200 Å². The molecule has 1 aliphatic heterocycles. The van der Waals surface area contributed by atoms with E-state index in [0.717, 1.165) is 29.7 Å². The van der Waals surface area contributed by atoms with Crippen LogP contribution in [0.4, 0.5) is 13.2 Å². The smallest absolute Gasteiger partial charge is 0.416 e. The molecule has 3 aromatic carbocycles. The molecule has 1 aliphatic rings. The van der Waals surface area contributed by atoms with Gasteiger partial charge in [0.2, 0.25) is 0 Å². The van der Waals surface area contributed by atoms with Gasteiger partial charge in [0.1, 0.15) is 5.75 Å². The fourth-order valence-corrected chi connectivity index (χ4v) is 4.29. The molecule has 35 heavy (non-hydrogen) atoms. The Balaban J connectivity index is 1.55. The van der Waals surface area contributed by atoms with E-state index in [2.05, 4.69) is 11.2 Å². The quantitative estimate of drug-likeness (QED) is 0.375. The second-order valence-corrected chi connectivity index (χ2v) is 8.36. The molecule has 0 spiro atoms. The molecular weight excluding hydrogens is 455 g/mol. The maximum absolute atomic E-state index is 13.7. The summed E-state index contributed by atoms with van der Waals surface area (Å²) >= 11 is 0. The zero-order valence-electron chi connectivity index (χ0n) is 18.9. The zero-order chi connectivity index (χ0) is 24.6. The summed E-state index contributed by atoms with van der Waals surface area (Å²) in [5.74, 6) is 0.387. The number of carbonyl (C=O) groups is 1. The van der Waals surface area contributed by atoms with E-state index in [-0.39, 0.29) is 11.6 Å². The van der Waals surface area contributed by atoms with Crippen LogP contribution < -0.4 is 4.74 Å². The molecule has 0 atom stereocenters. The number of nitrogens with zero attached hydrogens (tertiary/aromatic N) is 3. The Kier molecular flexibility index (Phi) is 5.80. The fraction of sp³-hybridized carbons (Fsp3) is 0.185. The lowest BCUT2D eigenvalue weighted by Gasteiger charge is -2.28. The highest BCUT2D eigenvalue weighted by atomic mass is 19.4. The van der Waals surface area contributed by atoms with Gasteiger partial charge in [0, 0.05) is 24.8 Å². The summed E-state index contributed by atoms with van der Waals surface area (Å²) in [6.07, 6.45) is -2.02. The molecule has 0 aliphatic carbocycles. The van der Waals surface area contributed by atoms with Crippen molar-refractivity contribution in [1.29, 1.82) is 0 Å². The molecule has 0 N–H and O–H groups in total. The summed E-state index contributed by atoms with van der Waals surface area (Å²) in [7, 11) is 1.56. The number of ether oxygens (including phenoxy) is 1. The van der Waals surface area contributed by atoms with Gasteiger partial charge in [-0.3, -0.25) is 4.79 Å². The summed E-state index contributed by atoms with van der Waals surface area (Å²) in [6.45, 7) is 1.03. The van der Waals surface area contributed by atoms with Crippen molar-refractivity contribution in [3.05, 3.63) is 101 Å². The van der Waals surface area contributed by atoms with Crippen molar-refractivity contribution in [2.75, 3.05) is 13.7 Å². The van der Waals surface area contributed by atoms with E-state index in [1.54, 1.807) is 30.3 Å². The Hall–Kier alpha value is -4.07. The van der Waals surface area contributed by atoms with Crippen molar-refractivity contribution < 1.29 is 22.7 Å². The van der Waals surface area contributed by atoms with Crippen LogP contribution in [0.1, 0.15) is 27.2 Å². The highest BCUT2D eigenvalue weighted by Gasteiger charge is 2.30. The van der Waals surface area contributed by atoms with Crippen LogP contribution in [0.15, 0.2) is 79.0 Å². The van der Waals surface area contributed by atoms with Gasteiger partial charge in [0.05, 0.1) is 18.4 Å². The number of fused-ring (bicyclic) bond motifs is 1. The van der Waals surface area contributed by atoms with Gasteiger partial charge in [-0.2, -0.15) is 18.3 Å². The van der Waals surface area contributed by atoms with E-state index in [1.165, 1.54) is 22.4 Å². The van der Waals surface area contributed by atoms with E-state index in [9.17, 15) is 18.0 Å². The van der Waals surface area contributed by atoms with E-state index < -0.39 is 11.7 Å². The summed E-state index contributed by atoms with van der Waals surface area (Å²) < 4.78 is 45.8. The number of methoxy groups -OCH3 is 1. The van der Waals surface area contributed by atoms with Crippen LogP contribution in [0.2, 0.25) is 0 Å². The van der Waals surface area contributed by atoms with E-state index in [4.69, 9.17) is 4.74 Å². The molecule has 178 valence electrons. The highest BCUT2D eigenvalue weighted by Crippen LogP contribution is 2.32. The maximum Gasteiger partial charge on any atom is 0.416 e. The molecule has 0 fully saturated rings. The number of alkyl halides is 3. The summed E-state index contributed by atoms with van der Waals surface area (Å²) in [5.41, 5.74) is 3.53. The summed E-state index contributed by atoms with van der Waals surface area (Å²) in [6, 6.07) is 20.0. The lowest BCUT2D eigenvalue weighted by atomic mass is 9.99. The van der Waals surface area contributed by atoms with Crippen LogP contribution in [0.3, 0.4) is 0 Å². The molecule has 4 aromatic rings. The van der Waals surface area contributed by atoms with Crippen LogP contribution in [-0.2, 0) is 19.1 Å². The third-order valence-electron chi connectivity index (χ3n) is 6.17. The SMILES string of the molecule is COc1cccc(-c2cn(-c3ccc(C(F)(F)F)cc3)nc2C(=O)N2CCc3ccccc3C2)c1. The van der Waals surface area contributed by atoms with Crippen molar-refractivity contribution >= 4 is 5.91 Å². The first-order valence-electron chi connectivity index (χ1n) is 11.1. The third-order valence-corrected chi connectivity index (χ3v) is 6.17. The van der Waals surface area contributed by atoms with Crippen LogP contribution in [0, 0.1) is 0 Å². The van der Waals surface area contributed by atoms with Gasteiger partial charge in [-0.05, 0) is 59.5 Å². The topological polar surface area (TPSA) is 47.4 Å². The fourth-order valence-electron chi connectivity index (χ4n) is 4.29. The Morgan fingerprint density at radius 2 is 1.71 bits per heavy atom. The maximum atomic E-state index is 13.7. The summed E-state index contributed by atoms with van der Waals surface area (Å²) in [5, 5.41) is 4.54. The number of carbonyl (C=O) groups excluding carboxylic acids is 1. The minimum atomic E-state index is -4.43. The lowest BCUT2D eigenvalue weighted by Crippen LogP contribution is -2.36. The van der Waals surface area contributed by atoms with Crippen molar-refractivity contribution in [1.82, 2.24) is 14.7 Å².